The molecule has 1 heterocycles. The van der Waals surface area contributed by atoms with Crippen molar-refractivity contribution in [3.63, 3.8) is 0 Å². The van der Waals surface area contributed by atoms with Crippen LogP contribution in [0.15, 0.2) is 29.2 Å². The number of rotatable bonds is 6. The van der Waals surface area contributed by atoms with Crippen LogP contribution in [0.2, 0.25) is 5.02 Å². The number of nitrogens with zero attached hydrogens (tertiary/aromatic N) is 1. The van der Waals surface area contributed by atoms with Gasteiger partial charge in [-0.2, -0.15) is 4.31 Å². The molecule has 1 aromatic carbocycles. The van der Waals surface area contributed by atoms with Crippen molar-refractivity contribution in [3.8, 4) is 0 Å². The molecule has 166 valence electrons. The highest BCUT2D eigenvalue weighted by molar-refractivity contribution is 7.89. The van der Waals surface area contributed by atoms with Crippen LogP contribution in [0.3, 0.4) is 0 Å². The molecule has 1 saturated carbocycles. The number of carbonyl (C=O) groups excluding carboxylic acids is 2. The summed E-state index contributed by atoms with van der Waals surface area (Å²) in [4.78, 5) is 24.8. The van der Waals surface area contributed by atoms with Crippen molar-refractivity contribution in [3.05, 3.63) is 29.3 Å². The molecule has 0 spiro atoms. The third-order valence-corrected chi connectivity index (χ3v) is 8.08. The zero-order valence-corrected chi connectivity index (χ0v) is 18.7. The molecule has 9 heteroatoms. The van der Waals surface area contributed by atoms with Gasteiger partial charge in [0, 0.05) is 30.1 Å². The smallest absolute Gasteiger partial charge is 0.243 e. The molecule has 2 fully saturated rings. The van der Waals surface area contributed by atoms with E-state index >= 15 is 0 Å². The Labute approximate surface area is 183 Å². The van der Waals surface area contributed by atoms with Crippen molar-refractivity contribution in [2.75, 3.05) is 19.6 Å². The summed E-state index contributed by atoms with van der Waals surface area (Å²) in [5, 5.41) is 6.21. The third kappa shape index (κ3) is 6.18. The Hall–Kier alpha value is -1.64. The third-order valence-electron chi connectivity index (χ3n) is 5.92. The Kier molecular flexibility index (Phi) is 8.13. The standard InChI is InChI=1S/C21H30ClN3O4S/c22-17-7-9-19(10-8-17)30(28,29)25-13-11-16(12-14-25)21(27)23-15-20(26)24-18-5-3-1-2-4-6-18/h7-10,16,18H,1-6,11-15H2,(H,23,27)(H,24,26). The lowest BCUT2D eigenvalue weighted by Crippen LogP contribution is -2.46. The van der Waals surface area contributed by atoms with Gasteiger partial charge in [-0.3, -0.25) is 9.59 Å². The number of nitrogens with one attached hydrogen (secondary N) is 2. The van der Waals surface area contributed by atoms with Crippen LogP contribution in [0.4, 0.5) is 0 Å². The number of carbonyl (C=O) groups is 2. The first-order chi connectivity index (χ1) is 14.4. The van der Waals surface area contributed by atoms with E-state index in [0.717, 1.165) is 25.7 Å². The second-order valence-electron chi connectivity index (χ2n) is 8.11. The molecule has 0 radical (unpaired) electrons. The summed E-state index contributed by atoms with van der Waals surface area (Å²) in [7, 11) is -3.59. The van der Waals surface area contributed by atoms with Crippen molar-refractivity contribution >= 4 is 33.4 Å². The average Bonchev–Trinajstić information content (AvgIpc) is 3.01. The first-order valence-corrected chi connectivity index (χ1v) is 12.5. The Morgan fingerprint density at radius 3 is 2.17 bits per heavy atom. The fourth-order valence-electron chi connectivity index (χ4n) is 4.13. The molecular weight excluding hydrogens is 426 g/mol. The van der Waals surface area contributed by atoms with Crippen LogP contribution >= 0.6 is 11.6 Å². The van der Waals surface area contributed by atoms with Gasteiger partial charge in [0.1, 0.15) is 0 Å². The largest absolute Gasteiger partial charge is 0.352 e. The molecule has 0 unspecified atom stereocenters. The van der Waals surface area contributed by atoms with E-state index in [1.54, 1.807) is 12.1 Å². The van der Waals surface area contributed by atoms with Gasteiger partial charge >= 0.3 is 0 Å². The van der Waals surface area contributed by atoms with Crippen LogP contribution in [-0.4, -0.2) is 50.2 Å². The van der Waals surface area contributed by atoms with Crippen LogP contribution < -0.4 is 10.6 Å². The van der Waals surface area contributed by atoms with Crippen molar-refractivity contribution in [2.24, 2.45) is 5.92 Å². The minimum atomic E-state index is -3.59. The van der Waals surface area contributed by atoms with Crippen LogP contribution in [0, 0.1) is 5.92 Å². The topological polar surface area (TPSA) is 95.6 Å². The molecule has 1 aliphatic carbocycles. The van der Waals surface area contributed by atoms with E-state index in [-0.39, 0.29) is 48.3 Å². The molecule has 1 aliphatic heterocycles. The second-order valence-corrected chi connectivity index (χ2v) is 10.5. The lowest BCUT2D eigenvalue weighted by atomic mass is 9.97. The van der Waals surface area contributed by atoms with E-state index < -0.39 is 10.0 Å². The molecular formula is C21H30ClN3O4S. The SMILES string of the molecule is O=C(CNC(=O)C1CCN(S(=O)(=O)c2ccc(Cl)cc2)CC1)NC1CCCCCC1. The van der Waals surface area contributed by atoms with E-state index in [0.29, 0.717) is 17.9 Å². The minimum absolute atomic E-state index is 0.0291. The maximum atomic E-state index is 12.7. The van der Waals surface area contributed by atoms with Gasteiger partial charge in [0.05, 0.1) is 11.4 Å². The number of amides is 2. The predicted molar refractivity (Wildman–Crippen MR) is 116 cm³/mol. The molecule has 1 saturated heterocycles. The van der Waals surface area contributed by atoms with Crippen molar-refractivity contribution in [1.29, 1.82) is 0 Å². The van der Waals surface area contributed by atoms with E-state index in [1.165, 1.54) is 29.3 Å². The van der Waals surface area contributed by atoms with Gasteiger partial charge in [0.15, 0.2) is 0 Å². The highest BCUT2D eigenvalue weighted by Gasteiger charge is 2.32. The number of sulfonamides is 1. The molecule has 3 rings (SSSR count). The summed E-state index contributed by atoms with van der Waals surface area (Å²) in [5.41, 5.74) is 0. The van der Waals surface area contributed by atoms with Crippen LogP contribution in [-0.2, 0) is 19.6 Å². The predicted octanol–water partition coefficient (Wildman–Crippen LogP) is 2.70. The number of hydrogen-bond donors (Lipinski definition) is 2. The van der Waals surface area contributed by atoms with E-state index in [1.807, 2.05) is 0 Å². The summed E-state index contributed by atoms with van der Waals surface area (Å²) in [6, 6.07) is 6.29. The quantitative estimate of drug-likeness (QED) is 0.644. The van der Waals surface area contributed by atoms with Gasteiger partial charge < -0.3 is 10.6 Å². The van der Waals surface area contributed by atoms with Gasteiger partial charge in [-0.25, -0.2) is 8.42 Å². The minimum Gasteiger partial charge on any atom is -0.352 e. The summed E-state index contributed by atoms with van der Waals surface area (Å²) in [6.45, 7) is 0.521. The zero-order chi connectivity index (χ0) is 21.6. The fraction of sp³-hybridized carbons (Fsp3) is 0.619. The van der Waals surface area contributed by atoms with Crippen LogP contribution in [0.5, 0.6) is 0 Å². The molecule has 2 N–H and O–H groups in total. The molecule has 2 aliphatic rings. The van der Waals surface area contributed by atoms with Crippen LogP contribution in [0.1, 0.15) is 51.4 Å². The highest BCUT2D eigenvalue weighted by Crippen LogP contribution is 2.25. The van der Waals surface area contributed by atoms with Crippen LogP contribution in [0.25, 0.3) is 0 Å². The highest BCUT2D eigenvalue weighted by atomic mass is 35.5. The van der Waals surface area contributed by atoms with Crippen molar-refractivity contribution in [1.82, 2.24) is 14.9 Å². The average molecular weight is 456 g/mol. The Bertz CT molecular complexity index is 828. The number of benzene rings is 1. The molecule has 7 nitrogen and oxygen atoms in total. The zero-order valence-electron chi connectivity index (χ0n) is 17.1. The maximum Gasteiger partial charge on any atom is 0.243 e. The maximum absolute atomic E-state index is 12.7. The molecule has 0 atom stereocenters. The van der Waals surface area contributed by atoms with Gasteiger partial charge in [0.2, 0.25) is 21.8 Å². The number of hydrogen-bond acceptors (Lipinski definition) is 4. The molecule has 1 aromatic rings. The number of halogens is 1. The molecule has 2 amide bonds. The monoisotopic (exact) mass is 455 g/mol. The fourth-order valence-corrected chi connectivity index (χ4v) is 5.72. The summed E-state index contributed by atoms with van der Waals surface area (Å²) >= 11 is 5.83. The van der Waals surface area contributed by atoms with Crippen molar-refractivity contribution < 1.29 is 18.0 Å². The first kappa shape index (κ1) is 23.0. The Morgan fingerprint density at radius 1 is 0.967 bits per heavy atom. The lowest BCUT2D eigenvalue weighted by molar-refractivity contribution is -0.129. The first-order valence-electron chi connectivity index (χ1n) is 10.7. The van der Waals surface area contributed by atoms with E-state index in [9.17, 15) is 18.0 Å². The molecule has 30 heavy (non-hydrogen) atoms. The summed E-state index contributed by atoms with van der Waals surface area (Å²) in [6.07, 6.45) is 7.57. The van der Waals surface area contributed by atoms with E-state index in [4.69, 9.17) is 11.6 Å². The molecule has 0 bridgehead atoms. The summed E-state index contributed by atoms with van der Waals surface area (Å²) < 4.78 is 26.9. The normalized spacial score (nSPS) is 19.8. The number of piperidine rings is 1. The lowest BCUT2D eigenvalue weighted by Gasteiger charge is -2.30. The van der Waals surface area contributed by atoms with E-state index in [2.05, 4.69) is 10.6 Å². The van der Waals surface area contributed by atoms with Crippen molar-refractivity contribution in [2.45, 2.75) is 62.3 Å². The Balaban J connectivity index is 1.43. The van der Waals surface area contributed by atoms with Gasteiger partial charge in [-0.1, -0.05) is 37.3 Å². The summed E-state index contributed by atoms with van der Waals surface area (Å²) in [5.74, 6) is -0.625. The van der Waals surface area contributed by atoms with Gasteiger partial charge in [0.25, 0.3) is 0 Å². The Morgan fingerprint density at radius 2 is 1.57 bits per heavy atom. The van der Waals surface area contributed by atoms with Gasteiger partial charge in [-0.15, -0.1) is 0 Å². The van der Waals surface area contributed by atoms with Gasteiger partial charge in [-0.05, 0) is 49.9 Å². The second kappa shape index (κ2) is 10.6. The molecule has 0 aromatic heterocycles.